The first-order valence-electron chi connectivity index (χ1n) is 6.75. The van der Waals surface area contributed by atoms with Gasteiger partial charge in [-0.3, -0.25) is 4.79 Å². The number of nitrogens with zero attached hydrogens (tertiary/aromatic N) is 3. The average Bonchev–Trinajstić information content (AvgIpc) is 3.10. The first-order valence-corrected chi connectivity index (χ1v) is 6.75. The Morgan fingerprint density at radius 3 is 2.95 bits per heavy atom. The summed E-state index contributed by atoms with van der Waals surface area (Å²) in [6.45, 7) is 0. The van der Waals surface area contributed by atoms with Crippen LogP contribution in [0.25, 0.3) is 5.82 Å². The van der Waals surface area contributed by atoms with Gasteiger partial charge in [-0.15, -0.1) is 0 Å². The molecule has 1 fully saturated rings. The molecule has 0 saturated heterocycles. The molecule has 2 aromatic heterocycles. The van der Waals surface area contributed by atoms with Crippen LogP contribution in [0.1, 0.15) is 19.3 Å². The SMILES string of the molecule is NC1CCC(C(=O)Nc2cccnc2-n2cccn2)C1. The Balaban J connectivity index is 1.79. The monoisotopic (exact) mass is 271 g/mol. The number of anilines is 1. The third kappa shape index (κ3) is 2.55. The smallest absolute Gasteiger partial charge is 0.227 e. The highest BCUT2D eigenvalue weighted by molar-refractivity contribution is 5.94. The van der Waals surface area contributed by atoms with Crippen molar-refractivity contribution >= 4 is 11.6 Å². The summed E-state index contributed by atoms with van der Waals surface area (Å²) >= 11 is 0. The molecular weight excluding hydrogens is 254 g/mol. The van der Waals surface area contributed by atoms with Gasteiger partial charge in [-0.2, -0.15) is 5.10 Å². The molecule has 3 N–H and O–H groups in total. The molecule has 104 valence electrons. The van der Waals surface area contributed by atoms with Gasteiger partial charge >= 0.3 is 0 Å². The fourth-order valence-electron chi connectivity index (χ4n) is 2.56. The number of amides is 1. The summed E-state index contributed by atoms with van der Waals surface area (Å²) in [5.41, 5.74) is 6.53. The van der Waals surface area contributed by atoms with Crippen LogP contribution in [0.2, 0.25) is 0 Å². The molecule has 0 spiro atoms. The Labute approximate surface area is 117 Å². The van der Waals surface area contributed by atoms with Gasteiger partial charge in [-0.05, 0) is 37.5 Å². The average molecular weight is 271 g/mol. The Bertz CT molecular complexity index is 595. The summed E-state index contributed by atoms with van der Waals surface area (Å²) in [6.07, 6.45) is 7.67. The molecule has 1 amide bonds. The van der Waals surface area contributed by atoms with E-state index >= 15 is 0 Å². The van der Waals surface area contributed by atoms with Gasteiger partial charge in [-0.1, -0.05) is 0 Å². The lowest BCUT2D eigenvalue weighted by Gasteiger charge is -2.13. The van der Waals surface area contributed by atoms with Crippen LogP contribution in [0.3, 0.4) is 0 Å². The zero-order valence-electron chi connectivity index (χ0n) is 11.1. The van der Waals surface area contributed by atoms with Crippen LogP contribution in [0.4, 0.5) is 5.69 Å². The normalized spacial score (nSPS) is 21.9. The Morgan fingerprint density at radius 1 is 1.35 bits per heavy atom. The molecule has 1 aliphatic rings. The highest BCUT2D eigenvalue weighted by Gasteiger charge is 2.28. The molecule has 2 atom stereocenters. The standard InChI is InChI=1S/C14H17N5O/c15-11-5-4-10(9-11)14(20)18-12-3-1-6-16-13(12)19-8-2-7-17-19/h1-3,6-8,10-11H,4-5,9,15H2,(H,18,20). The molecule has 20 heavy (non-hydrogen) atoms. The lowest BCUT2D eigenvalue weighted by molar-refractivity contribution is -0.119. The lowest BCUT2D eigenvalue weighted by Crippen LogP contribution is -2.24. The van der Waals surface area contributed by atoms with E-state index in [1.54, 1.807) is 29.3 Å². The molecule has 6 nitrogen and oxygen atoms in total. The summed E-state index contributed by atoms with van der Waals surface area (Å²) in [7, 11) is 0. The molecule has 1 aliphatic carbocycles. The Morgan fingerprint density at radius 2 is 2.25 bits per heavy atom. The maximum atomic E-state index is 12.3. The summed E-state index contributed by atoms with van der Waals surface area (Å²) in [5.74, 6) is 0.628. The van der Waals surface area contributed by atoms with Gasteiger partial charge in [0.15, 0.2) is 5.82 Å². The number of aromatic nitrogens is 3. The molecular formula is C14H17N5O. The minimum Gasteiger partial charge on any atom is -0.328 e. The number of pyridine rings is 1. The minimum absolute atomic E-state index is 0.00400. The van der Waals surface area contributed by atoms with E-state index < -0.39 is 0 Å². The number of carbonyl (C=O) groups excluding carboxylic acids is 1. The van der Waals surface area contributed by atoms with Crippen LogP contribution >= 0.6 is 0 Å². The number of rotatable bonds is 3. The zero-order valence-corrected chi connectivity index (χ0v) is 11.1. The van der Waals surface area contributed by atoms with Crippen molar-refractivity contribution in [3.8, 4) is 5.82 Å². The van der Waals surface area contributed by atoms with Crippen molar-refractivity contribution in [1.29, 1.82) is 0 Å². The maximum Gasteiger partial charge on any atom is 0.227 e. The number of carbonyl (C=O) groups is 1. The maximum absolute atomic E-state index is 12.3. The number of hydrogen-bond donors (Lipinski definition) is 2. The van der Waals surface area contributed by atoms with E-state index in [0.29, 0.717) is 11.5 Å². The van der Waals surface area contributed by atoms with Crippen molar-refractivity contribution in [2.45, 2.75) is 25.3 Å². The second-order valence-electron chi connectivity index (χ2n) is 5.08. The highest BCUT2D eigenvalue weighted by Crippen LogP contribution is 2.26. The van der Waals surface area contributed by atoms with E-state index in [2.05, 4.69) is 15.4 Å². The van der Waals surface area contributed by atoms with Crippen molar-refractivity contribution < 1.29 is 4.79 Å². The van der Waals surface area contributed by atoms with E-state index in [1.807, 2.05) is 12.1 Å². The van der Waals surface area contributed by atoms with Crippen molar-refractivity contribution in [3.05, 3.63) is 36.8 Å². The Kier molecular flexibility index (Phi) is 3.47. The van der Waals surface area contributed by atoms with Gasteiger partial charge in [0.2, 0.25) is 5.91 Å². The first-order chi connectivity index (χ1) is 9.74. The molecule has 1 saturated carbocycles. The summed E-state index contributed by atoms with van der Waals surface area (Å²) in [5, 5.41) is 7.09. The second kappa shape index (κ2) is 5.42. The van der Waals surface area contributed by atoms with Gasteiger partial charge in [0, 0.05) is 30.6 Å². The number of nitrogens with two attached hydrogens (primary N) is 1. The van der Waals surface area contributed by atoms with Crippen molar-refractivity contribution in [2.75, 3.05) is 5.32 Å². The molecule has 0 bridgehead atoms. The molecule has 6 heteroatoms. The van der Waals surface area contributed by atoms with Gasteiger partial charge in [0.25, 0.3) is 0 Å². The van der Waals surface area contributed by atoms with Crippen LogP contribution in [0.5, 0.6) is 0 Å². The third-order valence-electron chi connectivity index (χ3n) is 3.61. The molecule has 0 aliphatic heterocycles. The molecule has 0 radical (unpaired) electrons. The van der Waals surface area contributed by atoms with Crippen molar-refractivity contribution in [2.24, 2.45) is 11.7 Å². The Hall–Kier alpha value is -2.21. The van der Waals surface area contributed by atoms with E-state index in [1.165, 1.54) is 0 Å². The summed E-state index contributed by atoms with van der Waals surface area (Å²) in [4.78, 5) is 16.5. The lowest BCUT2D eigenvalue weighted by atomic mass is 10.1. The van der Waals surface area contributed by atoms with Crippen LogP contribution in [-0.2, 0) is 4.79 Å². The highest BCUT2D eigenvalue weighted by atomic mass is 16.1. The van der Waals surface area contributed by atoms with E-state index in [4.69, 9.17) is 5.73 Å². The quantitative estimate of drug-likeness (QED) is 0.882. The van der Waals surface area contributed by atoms with E-state index in [9.17, 15) is 4.79 Å². The van der Waals surface area contributed by atoms with Crippen molar-refractivity contribution in [3.63, 3.8) is 0 Å². The predicted molar refractivity (Wildman–Crippen MR) is 75.3 cm³/mol. The van der Waals surface area contributed by atoms with Gasteiger partial charge in [0.1, 0.15) is 0 Å². The number of nitrogens with one attached hydrogen (secondary N) is 1. The van der Waals surface area contributed by atoms with Gasteiger partial charge in [-0.25, -0.2) is 9.67 Å². The van der Waals surface area contributed by atoms with E-state index in [-0.39, 0.29) is 17.9 Å². The summed E-state index contributed by atoms with van der Waals surface area (Å²) < 4.78 is 1.63. The van der Waals surface area contributed by atoms with Crippen LogP contribution in [0.15, 0.2) is 36.8 Å². The first kappa shape index (κ1) is 12.8. The molecule has 2 heterocycles. The van der Waals surface area contributed by atoms with Crippen molar-refractivity contribution in [1.82, 2.24) is 14.8 Å². The predicted octanol–water partition coefficient (Wildman–Crippen LogP) is 1.33. The van der Waals surface area contributed by atoms with E-state index in [0.717, 1.165) is 19.3 Å². The fraction of sp³-hybridized carbons (Fsp3) is 0.357. The van der Waals surface area contributed by atoms with Gasteiger partial charge < -0.3 is 11.1 Å². The van der Waals surface area contributed by atoms with Crippen LogP contribution in [0, 0.1) is 5.92 Å². The molecule has 0 aromatic carbocycles. The molecule has 3 rings (SSSR count). The minimum atomic E-state index is -0.00400. The molecule has 2 unspecified atom stereocenters. The largest absolute Gasteiger partial charge is 0.328 e. The summed E-state index contributed by atoms with van der Waals surface area (Å²) in [6, 6.07) is 5.58. The van der Waals surface area contributed by atoms with Gasteiger partial charge in [0.05, 0.1) is 5.69 Å². The molecule has 2 aromatic rings. The number of hydrogen-bond acceptors (Lipinski definition) is 4. The zero-order chi connectivity index (χ0) is 13.9. The fourth-order valence-corrected chi connectivity index (χ4v) is 2.56. The second-order valence-corrected chi connectivity index (χ2v) is 5.08. The topological polar surface area (TPSA) is 85.8 Å². The third-order valence-corrected chi connectivity index (χ3v) is 3.61. The van der Waals surface area contributed by atoms with Crippen LogP contribution < -0.4 is 11.1 Å². The van der Waals surface area contributed by atoms with Crippen LogP contribution in [-0.4, -0.2) is 26.7 Å².